The minimum Gasteiger partial charge on any atom is -0.344 e. The number of nitrogens with one attached hydrogen (secondary N) is 1. The summed E-state index contributed by atoms with van der Waals surface area (Å²) in [5.41, 5.74) is 0.930. The molecule has 1 aromatic rings. The van der Waals surface area contributed by atoms with E-state index >= 15 is 0 Å². The third-order valence-electron chi connectivity index (χ3n) is 4.25. The first-order chi connectivity index (χ1) is 9.85. The maximum Gasteiger partial charge on any atom is 0.233 e. The standard InChI is InChI=1S/C18H28N2O/c1-17(2,3)14-20(4)16(21)18(10-12-19-13-11-18)15-8-6-5-7-9-15/h5-9,19H,10-14H2,1-4H3. The molecule has 1 amide bonds. The molecule has 1 N–H and O–H groups in total. The van der Waals surface area contributed by atoms with Gasteiger partial charge in [-0.25, -0.2) is 0 Å². The molecule has 0 aromatic heterocycles. The van der Waals surface area contributed by atoms with Crippen molar-refractivity contribution in [2.24, 2.45) is 5.41 Å². The smallest absolute Gasteiger partial charge is 0.233 e. The summed E-state index contributed by atoms with van der Waals surface area (Å²) in [7, 11) is 1.94. The normalized spacial score (nSPS) is 18.3. The first-order valence-corrected chi connectivity index (χ1v) is 7.87. The van der Waals surface area contributed by atoms with Crippen LogP contribution in [-0.2, 0) is 10.2 Å². The minimum absolute atomic E-state index is 0.120. The van der Waals surface area contributed by atoms with Crippen LogP contribution in [0.5, 0.6) is 0 Å². The van der Waals surface area contributed by atoms with Gasteiger partial charge in [-0.2, -0.15) is 0 Å². The molecule has 0 bridgehead atoms. The van der Waals surface area contributed by atoms with Gasteiger partial charge in [0.15, 0.2) is 0 Å². The third kappa shape index (κ3) is 3.65. The molecule has 2 rings (SSSR count). The highest BCUT2D eigenvalue weighted by molar-refractivity contribution is 5.88. The van der Waals surface area contributed by atoms with Gasteiger partial charge in [-0.05, 0) is 36.9 Å². The molecular formula is C18H28N2O. The van der Waals surface area contributed by atoms with E-state index in [-0.39, 0.29) is 16.7 Å². The van der Waals surface area contributed by atoms with Gasteiger partial charge in [0, 0.05) is 13.6 Å². The lowest BCUT2D eigenvalue weighted by molar-refractivity contribution is -0.138. The van der Waals surface area contributed by atoms with Crippen LogP contribution < -0.4 is 5.32 Å². The van der Waals surface area contributed by atoms with Gasteiger partial charge in [0.1, 0.15) is 0 Å². The Morgan fingerprint density at radius 2 is 1.76 bits per heavy atom. The average Bonchev–Trinajstić information content (AvgIpc) is 2.46. The second-order valence-corrected chi connectivity index (χ2v) is 7.42. The molecule has 0 spiro atoms. The fraction of sp³-hybridized carbons (Fsp3) is 0.611. The molecule has 3 nitrogen and oxygen atoms in total. The summed E-state index contributed by atoms with van der Waals surface area (Å²) in [6, 6.07) is 10.3. The quantitative estimate of drug-likeness (QED) is 0.927. The van der Waals surface area contributed by atoms with Crippen molar-refractivity contribution in [2.75, 3.05) is 26.7 Å². The molecule has 1 fully saturated rings. The van der Waals surface area contributed by atoms with E-state index < -0.39 is 0 Å². The number of nitrogens with zero attached hydrogens (tertiary/aromatic N) is 1. The second-order valence-electron chi connectivity index (χ2n) is 7.42. The third-order valence-corrected chi connectivity index (χ3v) is 4.25. The predicted molar refractivity (Wildman–Crippen MR) is 87.3 cm³/mol. The largest absolute Gasteiger partial charge is 0.344 e. The first kappa shape index (κ1) is 16.0. The Hall–Kier alpha value is -1.35. The zero-order chi connectivity index (χ0) is 15.5. The molecular weight excluding hydrogens is 260 g/mol. The molecule has 0 radical (unpaired) electrons. The predicted octanol–water partition coefficient (Wildman–Crippen LogP) is 2.81. The number of benzene rings is 1. The number of hydrogen-bond acceptors (Lipinski definition) is 2. The highest BCUT2D eigenvalue weighted by Gasteiger charge is 2.43. The van der Waals surface area contributed by atoms with Crippen LogP contribution >= 0.6 is 0 Å². The SMILES string of the molecule is CN(CC(C)(C)C)C(=O)C1(c2ccccc2)CCNCC1. The highest BCUT2D eigenvalue weighted by atomic mass is 16.2. The van der Waals surface area contributed by atoms with E-state index in [0.717, 1.165) is 38.0 Å². The Kier molecular flexibility index (Phi) is 4.72. The zero-order valence-electron chi connectivity index (χ0n) is 13.8. The van der Waals surface area contributed by atoms with Crippen molar-refractivity contribution >= 4 is 5.91 Å². The van der Waals surface area contributed by atoms with Crippen molar-refractivity contribution in [3.63, 3.8) is 0 Å². The van der Waals surface area contributed by atoms with Crippen LogP contribution in [0.3, 0.4) is 0 Å². The molecule has 21 heavy (non-hydrogen) atoms. The molecule has 3 heteroatoms. The van der Waals surface area contributed by atoms with Crippen molar-refractivity contribution < 1.29 is 4.79 Å². The Balaban J connectivity index is 2.30. The lowest BCUT2D eigenvalue weighted by Gasteiger charge is -2.41. The molecule has 1 heterocycles. The Labute approximate surface area is 128 Å². The van der Waals surface area contributed by atoms with Crippen molar-refractivity contribution in [3.05, 3.63) is 35.9 Å². The summed E-state index contributed by atoms with van der Waals surface area (Å²) in [6.07, 6.45) is 1.76. The van der Waals surface area contributed by atoms with Crippen LogP contribution in [0, 0.1) is 5.41 Å². The molecule has 1 aliphatic heterocycles. The van der Waals surface area contributed by atoms with Crippen LogP contribution in [0.25, 0.3) is 0 Å². The van der Waals surface area contributed by atoms with Crippen molar-refractivity contribution in [1.29, 1.82) is 0 Å². The molecule has 0 aliphatic carbocycles. The van der Waals surface area contributed by atoms with Crippen LogP contribution in [0.4, 0.5) is 0 Å². The second kappa shape index (κ2) is 6.18. The van der Waals surface area contributed by atoms with E-state index in [1.54, 1.807) is 0 Å². The number of hydrogen-bond donors (Lipinski definition) is 1. The summed E-state index contributed by atoms with van der Waals surface area (Å²) in [6.45, 7) is 9.12. The number of carbonyl (C=O) groups is 1. The molecule has 1 saturated heterocycles. The van der Waals surface area contributed by atoms with E-state index in [2.05, 4.69) is 38.2 Å². The topological polar surface area (TPSA) is 32.3 Å². The van der Waals surface area contributed by atoms with E-state index in [9.17, 15) is 4.79 Å². The zero-order valence-corrected chi connectivity index (χ0v) is 13.8. The number of likely N-dealkylation sites (N-methyl/N-ethyl adjacent to an activating group) is 1. The summed E-state index contributed by atoms with van der Waals surface area (Å²) < 4.78 is 0. The van der Waals surface area contributed by atoms with Gasteiger partial charge in [-0.3, -0.25) is 4.79 Å². The maximum absolute atomic E-state index is 13.2. The van der Waals surface area contributed by atoms with Gasteiger partial charge < -0.3 is 10.2 Å². The van der Waals surface area contributed by atoms with Crippen LogP contribution in [0.1, 0.15) is 39.2 Å². The van der Waals surface area contributed by atoms with E-state index in [1.165, 1.54) is 0 Å². The van der Waals surface area contributed by atoms with Gasteiger partial charge in [0.05, 0.1) is 5.41 Å². The maximum atomic E-state index is 13.2. The minimum atomic E-state index is -0.355. The Bertz CT molecular complexity index is 470. The van der Waals surface area contributed by atoms with Crippen molar-refractivity contribution in [3.8, 4) is 0 Å². The fourth-order valence-electron chi connectivity index (χ4n) is 3.39. The molecule has 1 aromatic carbocycles. The summed E-state index contributed by atoms with van der Waals surface area (Å²) in [5.74, 6) is 0.269. The number of carbonyl (C=O) groups excluding carboxylic acids is 1. The van der Waals surface area contributed by atoms with E-state index in [0.29, 0.717) is 0 Å². The van der Waals surface area contributed by atoms with Gasteiger partial charge in [0.25, 0.3) is 0 Å². The first-order valence-electron chi connectivity index (χ1n) is 7.87. The summed E-state index contributed by atoms with van der Waals surface area (Å²) in [4.78, 5) is 15.1. The van der Waals surface area contributed by atoms with Crippen LogP contribution in [0.2, 0.25) is 0 Å². The lowest BCUT2D eigenvalue weighted by atomic mass is 9.72. The Morgan fingerprint density at radius 1 is 1.19 bits per heavy atom. The lowest BCUT2D eigenvalue weighted by Crippen LogP contribution is -2.52. The van der Waals surface area contributed by atoms with Gasteiger partial charge in [-0.15, -0.1) is 0 Å². The fourth-order valence-corrected chi connectivity index (χ4v) is 3.39. The molecule has 116 valence electrons. The number of piperidine rings is 1. The number of rotatable bonds is 3. The van der Waals surface area contributed by atoms with E-state index in [1.807, 2.05) is 30.1 Å². The molecule has 0 unspecified atom stereocenters. The Morgan fingerprint density at radius 3 is 2.29 bits per heavy atom. The highest BCUT2D eigenvalue weighted by Crippen LogP contribution is 2.35. The average molecular weight is 288 g/mol. The van der Waals surface area contributed by atoms with Crippen molar-refractivity contribution in [1.82, 2.24) is 10.2 Å². The van der Waals surface area contributed by atoms with Crippen LogP contribution in [0.15, 0.2) is 30.3 Å². The van der Waals surface area contributed by atoms with Crippen LogP contribution in [-0.4, -0.2) is 37.5 Å². The van der Waals surface area contributed by atoms with Gasteiger partial charge >= 0.3 is 0 Å². The van der Waals surface area contributed by atoms with Crippen molar-refractivity contribution in [2.45, 2.75) is 39.0 Å². The summed E-state index contributed by atoms with van der Waals surface area (Å²) >= 11 is 0. The summed E-state index contributed by atoms with van der Waals surface area (Å²) in [5, 5.41) is 3.38. The molecule has 0 atom stereocenters. The van der Waals surface area contributed by atoms with Gasteiger partial charge in [0.2, 0.25) is 5.91 Å². The number of amides is 1. The molecule has 1 aliphatic rings. The van der Waals surface area contributed by atoms with Gasteiger partial charge in [-0.1, -0.05) is 51.1 Å². The molecule has 0 saturated carbocycles. The monoisotopic (exact) mass is 288 g/mol. The van der Waals surface area contributed by atoms with E-state index in [4.69, 9.17) is 0 Å².